The van der Waals surface area contributed by atoms with Crippen molar-refractivity contribution in [3.05, 3.63) is 89.7 Å². The summed E-state index contributed by atoms with van der Waals surface area (Å²) in [5.41, 5.74) is -0.270. The fourth-order valence-corrected chi connectivity index (χ4v) is 5.10. The Bertz CT molecular complexity index is 1200. The summed E-state index contributed by atoms with van der Waals surface area (Å²) in [5.74, 6) is -2.70. The second-order valence-corrected chi connectivity index (χ2v) is 8.97. The molecule has 0 aliphatic heterocycles. The van der Waals surface area contributed by atoms with Crippen molar-refractivity contribution in [2.24, 2.45) is 5.92 Å². The van der Waals surface area contributed by atoms with Gasteiger partial charge in [-0.15, -0.1) is 0 Å². The van der Waals surface area contributed by atoms with Gasteiger partial charge in [0, 0.05) is 17.7 Å². The van der Waals surface area contributed by atoms with Gasteiger partial charge in [0.1, 0.15) is 5.54 Å². The molecule has 1 aliphatic carbocycles. The van der Waals surface area contributed by atoms with E-state index in [1.165, 1.54) is 26.3 Å². The van der Waals surface area contributed by atoms with E-state index < -0.39 is 34.5 Å². The van der Waals surface area contributed by atoms with E-state index in [0.29, 0.717) is 0 Å². The van der Waals surface area contributed by atoms with Crippen LogP contribution in [-0.2, 0) is 10.2 Å². The van der Waals surface area contributed by atoms with E-state index in [0.717, 1.165) is 17.5 Å². The van der Waals surface area contributed by atoms with Crippen molar-refractivity contribution < 1.29 is 24.5 Å². The van der Waals surface area contributed by atoms with Crippen molar-refractivity contribution in [3.8, 4) is 11.5 Å². The number of aliphatic carboxylic acids is 1. The lowest BCUT2D eigenvalue weighted by molar-refractivity contribution is -0.146. The zero-order valence-corrected chi connectivity index (χ0v) is 19.4. The molecule has 4 rings (SSSR count). The number of nitrogens with zero attached hydrogens (tertiary/aromatic N) is 1. The number of nitrogens with one attached hydrogen (secondary N) is 1. The molecule has 0 bridgehead atoms. The highest BCUT2D eigenvalue weighted by molar-refractivity contribution is 5.99. The van der Waals surface area contributed by atoms with Crippen molar-refractivity contribution in [2.45, 2.75) is 37.1 Å². The zero-order valence-electron chi connectivity index (χ0n) is 19.4. The quantitative estimate of drug-likeness (QED) is 0.466. The average Bonchev–Trinajstić information content (AvgIpc) is 3.61. The van der Waals surface area contributed by atoms with Crippen LogP contribution in [0.5, 0.6) is 11.5 Å². The number of carbonyl (C=O) groups excluding carboxylic acids is 1. The standard InChI is InChI=1S/C27H28N2O5/c1-17(26(2,25(32)33)29-24(31)22-23(30)21(34-3)14-15-28-22)27(19-12-8-5-9-13-19)16-20(27)18-10-6-4-7-11-18/h4-15,17,20,30H,16H2,1-3H3,(H,29,31)(H,32,33). The molecule has 2 aromatic carbocycles. The summed E-state index contributed by atoms with van der Waals surface area (Å²) in [6, 6.07) is 21.3. The summed E-state index contributed by atoms with van der Waals surface area (Å²) in [5, 5.41) is 23.4. The van der Waals surface area contributed by atoms with E-state index in [1.54, 1.807) is 0 Å². The van der Waals surface area contributed by atoms with Gasteiger partial charge < -0.3 is 20.3 Å². The number of aromatic nitrogens is 1. The molecule has 0 radical (unpaired) electrons. The second kappa shape index (κ2) is 8.82. The molecule has 0 saturated heterocycles. The Labute approximate surface area is 198 Å². The molecule has 7 nitrogen and oxygen atoms in total. The number of hydrogen-bond donors (Lipinski definition) is 3. The minimum atomic E-state index is -1.65. The molecule has 4 atom stereocenters. The highest BCUT2D eigenvalue weighted by Gasteiger charge is 2.64. The molecule has 1 aromatic heterocycles. The largest absolute Gasteiger partial charge is 0.503 e. The SMILES string of the molecule is COc1ccnc(C(=O)NC(C)(C(=O)O)C(C)C2(c3ccccc3)CC2c2ccccc2)c1O. The highest BCUT2D eigenvalue weighted by atomic mass is 16.5. The van der Waals surface area contributed by atoms with E-state index in [2.05, 4.69) is 22.4 Å². The van der Waals surface area contributed by atoms with E-state index >= 15 is 0 Å². The Kier molecular flexibility index (Phi) is 6.04. The average molecular weight is 461 g/mol. The third-order valence-corrected chi connectivity index (χ3v) is 7.30. The van der Waals surface area contributed by atoms with Crippen LogP contribution in [0.15, 0.2) is 72.9 Å². The van der Waals surface area contributed by atoms with Gasteiger partial charge in [0.25, 0.3) is 5.91 Å². The van der Waals surface area contributed by atoms with Crippen LogP contribution in [-0.4, -0.2) is 39.7 Å². The second-order valence-electron chi connectivity index (χ2n) is 8.97. The summed E-state index contributed by atoms with van der Waals surface area (Å²) in [7, 11) is 1.36. The van der Waals surface area contributed by atoms with Crippen molar-refractivity contribution in [3.63, 3.8) is 0 Å². The molecule has 4 unspecified atom stereocenters. The summed E-state index contributed by atoms with van der Waals surface area (Å²) in [6.45, 7) is 3.38. The van der Waals surface area contributed by atoms with Crippen LogP contribution in [0.2, 0.25) is 0 Å². The molecule has 1 heterocycles. The van der Waals surface area contributed by atoms with Gasteiger partial charge in [0.05, 0.1) is 7.11 Å². The first-order chi connectivity index (χ1) is 16.3. The fraction of sp³-hybridized carbons (Fsp3) is 0.296. The monoisotopic (exact) mass is 460 g/mol. The number of hydrogen-bond acceptors (Lipinski definition) is 5. The predicted molar refractivity (Wildman–Crippen MR) is 127 cm³/mol. The van der Waals surface area contributed by atoms with E-state index in [4.69, 9.17) is 4.74 Å². The van der Waals surface area contributed by atoms with Crippen LogP contribution >= 0.6 is 0 Å². The van der Waals surface area contributed by atoms with Gasteiger partial charge in [0.2, 0.25) is 0 Å². The lowest BCUT2D eigenvalue weighted by atomic mass is 9.70. The number of benzene rings is 2. The van der Waals surface area contributed by atoms with Crippen LogP contribution in [0.25, 0.3) is 0 Å². The molecule has 34 heavy (non-hydrogen) atoms. The van der Waals surface area contributed by atoms with Crippen molar-refractivity contribution in [1.29, 1.82) is 0 Å². The molecule has 7 heteroatoms. The molecule has 1 saturated carbocycles. The van der Waals surface area contributed by atoms with Crippen LogP contribution in [0.3, 0.4) is 0 Å². The smallest absolute Gasteiger partial charge is 0.329 e. The summed E-state index contributed by atoms with van der Waals surface area (Å²) >= 11 is 0. The number of ether oxygens (including phenoxy) is 1. The molecule has 176 valence electrons. The maximum atomic E-state index is 13.1. The molecule has 0 spiro atoms. The molecular weight excluding hydrogens is 432 g/mol. The maximum Gasteiger partial charge on any atom is 0.329 e. The van der Waals surface area contributed by atoms with Crippen molar-refractivity contribution >= 4 is 11.9 Å². The third-order valence-electron chi connectivity index (χ3n) is 7.30. The minimum Gasteiger partial charge on any atom is -0.503 e. The van der Waals surface area contributed by atoms with Gasteiger partial charge in [-0.25, -0.2) is 9.78 Å². The zero-order chi connectivity index (χ0) is 24.5. The van der Waals surface area contributed by atoms with E-state index in [1.807, 2.05) is 55.5 Å². The van der Waals surface area contributed by atoms with Crippen LogP contribution < -0.4 is 10.1 Å². The number of carbonyl (C=O) groups is 2. The predicted octanol–water partition coefficient (Wildman–Crippen LogP) is 4.13. The number of rotatable bonds is 8. The van der Waals surface area contributed by atoms with Gasteiger partial charge in [-0.2, -0.15) is 0 Å². The molecule has 1 amide bonds. The Hall–Kier alpha value is -3.87. The first-order valence-electron chi connectivity index (χ1n) is 11.1. The highest BCUT2D eigenvalue weighted by Crippen LogP contribution is 2.66. The van der Waals surface area contributed by atoms with Gasteiger partial charge in [-0.05, 0) is 36.3 Å². The minimum absolute atomic E-state index is 0.0808. The van der Waals surface area contributed by atoms with Crippen LogP contribution in [0, 0.1) is 5.92 Å². The molecule has 3 N–H and O–H groups in total. The van der Waals surface area contributed by atoms with E-state index in [9.17, 15) is 19.8 Å². The summed E-state index contributed by atoms with van der Waals surface area (Å²) < 4.78 is 5.06. The van der Waals surface area contributed by atoms with Crippen LogP contribution in [0.1, 0.15) is 47.8 Å². The third kappa shape index (κ3) is 3.77. The number of aromatic hydroxyl groups is 1. The molecular formula is C27H28N2O5. The van der Waals surface area contributed by atoms with Crippen molar-refractivity contribution in [1.82, 2.24) is 10.3 Å². The van der Waals surface area contributed by atoms with Gasteiger partial charge >= 0.3 is 5.97 Å². The first-order valence-corrected chi connectivity index (χ1v) is 11.1. The Balaban J connectivity index is 1.74. The Morgan fingerprint density at radius 1 is 1.12 bits per heavy atom. The molecule has 1 aliphatic rings. The number of carboxylic acid groups (broad SMARTS) is 1. The first kappa shape index (κ1) is 23.3. The van der Waals surface area contributed by atoms with Crippen molar-refractivity contribution in [2.75, 3.05) is 7.11 Å². The summed E-state index contributed by atoms with van der Waals surface area (Å²) in [4.78, 5) is 29.8. The van der Waals surface area contributed by atoms with Gasteiger partial charge in [0.15, 0.2) is 17.2 Å². The molecule has 1 fully saturated rings. The van der Waals surface area contributed by atoms with Gasteiger partial charge in [-0.3, -0.25) is 4.79 Å². The van der Waals surface area contributed by atoms with Gasteiger partial charge in [-0.1, -0.05) is 67.6 Å². The summed E-state index contributed by atoms with van der Waals surface area (Å²) in [6.07, 6.45) is 2.08. The normalized spacial score (nSPS) is 21.7. The maximum absolute atomic E-state index is 13.1. The number of methoxy groups -OCH3 is 1. The molecule has 3 aromatic rings. The Morgan fingerprint density at radius 3 is 2.32 bits per heavy atom. The van der Waals surface area contributed by atoms with E-state index in [-0.39, 0.29) is 17.4 Å². The Morgan fingerprint density at radius 2 is 1.74 bits per heavy atom. The topological polar surface area (TPSA) is 109 Å². The number of amides is 1. The lowest BCUT2D eigenvalue weighted by Gasteiger charge is -2.39. The lowest BCUT2D eigenvalue weighted by Crippen LogP contribution is -2.59. The van der Waals surface area contributed by atoms with Crippen LogP contribution in [0.4, 0.5) is 0 Å². The number of carboxylic acids is 1. The number of pyridine rings is 1. The fourth-order valence-electron chi connectivity index (χ4n) is 5.10.